The van der Waals surface area contributed by atoms with Gasteiger partial charge in [-0.2, -0.15) is 0 Å². The molecule has 0 aliphatic carbocycles. The second-order valence-corrected chi connectivity index (χ2v) is 6.56. The molecule has 4 aromatic rings. The van der Waals surface area contributed by atoms with Crippen LogP contribution in [-0.2, 0) is 16.1 Å². The Morgan fingerprint density at radius 3 is 2.82 bits per heavy atom. The number of carbonyl (C=O) groups is 1. The molecule has 7 heteroatoms. The summed E-state index contributed by atoms with van der Waals surface area (Å²) in [4.78, 5) is 28.1. The van der Waals surface area contributed by atoms with Crippen molar-refractivity contribution in [2.24, 2.45) is 0 Å². The average Bonchev–Trinajstić information content (AvgIpc) is 3.09. The lowest BCUT2D eigenvalue weighted by Crippen LogP contribution is -2.05. The summed E-state index contributed by atoms with van der Waals surface area (Å²) in [5.41, 5.74) is 2.49. The Hall–Kier alpha value is -3.38. The van der Waals surface area contributed by atoms with Gasteiger partial charge in [-0.15, -0.1) is 0 Å². The lowest BCUT2D eigenvalue weighted by molar-refractivity contribution is -0.138. The molecule has 2 aromatic carbocycles. The number of rotatable bonds is 4. The molecule has 0 amide bonds. The van der Waals surface area contributed by atoms with E-state index in [0.29, 0.717) is 38.5 Å². The molecule has 0 atom stereocenters. The maximum absolute atomic E-state index is 12.0. The molecule has 6 nitrogen and oxygen atoms in total. The Kier molecular flexibility index (Phi) is 4.71. The molecule has 0 aliphatic rings. The number of benzene rings is 2. The zero-order chi connectivity index (χ0) is 19.7. The Labute approximate surface area is 164 Å². The summed E-state index contributed by atoms with van der Waals surface area (Å²) in [5, 5.41) is 1.15. The first kappa shape index (κ1) is 18.0. The van der Waals surface area contributed by atoms with E-state index in [0.717, 1.165) is 5.56 Å². The molecule has 0 spiro atoms. The minimum atomic E-state index is -0.596. The molecule has 0 saturated heterocycles. The fourth-order valence-corrected chi connectivity index (χ4v) is 2.93. The third-order valence-electron chi connectivity index (χ3n) is 4.15. The van der Waals surface area contributed by atoms with Gasteiger partial charge < -0.3 is 13.6 Å². The Balaban J connectivity index is 1.51. The van der Waals surface area contributed by atoms with Crippen LogP contribution in [0, 0.1) is 6.92 Å². The van der Waals surface area contributed by atoms with E-state index in [1.807, 2.05) is 25.1 Å². The quantitative estimate of drug-likeness (QED) is 0.284. The number of ether oxygens (including phenoxy) is 1. The Morgan fingerprint density at radius 2 is 2.00 bits per heavy atom. The lowest BCUT2D eigenvalue weighted by atomic mass is 10.1. The van der Waals surface area contributed by atoms with Gasteiger partial charge in [0.25, 0.3) is 0 Å². The van der Waals surface area contributed by atoms with E-state index in [4.69, 9.17) is 25.2 Å². The van der Waals surface area contributed by atoms with Crippen LogP contribution in [0.15, 0.2) is 62.2 Å². The van der Waals surface area contributed by atoms with Crippen LogP contribution in [0.3, 0.4) is 0 Å². The number of nitrogens with zero attached hydrogens (tertiary/aromatic N) is 1. The molecule has 0 radical (unpaired) electrons. The van der Waals surface area contributed by atoms with E-state index in [1.165, 1.54) is 18.2 Å². The van der Waals surface area contributed by atoms with Gasteiger partial charge in [0, 0.05) is 34.2 Å². The topological polar surface area (TPSA) is 82.5 Å². The van der Waals surface area contributed by atoms with Crippen molar-refractivity contribution in [1.29, 1.82) is 0 Å². The highest BCUT2D eigenvalue weighted by Gasteiger charge is 2.10. The normalized spacial score (nSPS) is 11.5. The number of hydrogen-bond acceptors (Lipinski definition) is 6. The summed E-state index contributed by atoms with van der Waals surface area (Å²) in [6.45, 7) is 1.71. The third-order valence-corrected chi connectivity index (χ3v) is 4.56. The highest BCUT2D eigenvalue weighted by molar-refractivity contribution is 6.32. The number of hydrogen-bond donors (Lipinski definition) is 0. The van der Waals surface area contributed by atoms with Crippen molar-refractivity contribution in [2.45, 2.75) is 13.5 Å². The van der Waals surface area contributed by atoms with Crippen LogP contribution >= 0.6 is 11.6 Å². The second kappa shape index (κ2) is 7.32. The van der Waals surface area contributed by atoms with E-state index in [2.05, 4.69) is 4.98 Å². The van der Waals surface area contributed by atoms with E-state index in [9.17, 15) is 9.59 Å². The van der Waals surface area contributed by atoms with E-state index in [-0.39, 0.29) is 6.61 Å². The van der Waals surface area contributed by atoms with Crippen molar-refractivity contribution >= 4 is 45.7 Å². The van der Waals surface area contributed by atoms with Gasteiger partial charge in [0.2, 0.25) is 5.89 Å². The molecule has 0 unspecified atom stereocenters. The maximum Gasteiger partial charge on any atom is 0.336 e. The predicted molar refractivity (Wildman–Crippen MR) is 105 cm³/mol. The van der Waals surface area contributed by atoms with Crippen LogP contribution in [0.4, 0.5) is 0 Å². The van der Waals surface area contributed by atoms with Crippen LogP contribution in [0.5, 0.6) is 0 Å². The number of para-hydroxylation sites is 2. The van der Waals surface area contributed by atoms with Crippen LogP contribution < -0.4 is 5.63 Å². The van der Waals surface area contributed by atoms with Crippen molar-refractivity contribution in [2.75, 3.05) is 0 Å². The predicted octanol–water partition coefficient (Wildman–Crippen LogP) is 4.65. The molecule has 28 heavy (non-hydrogen) atoms. The molecule has 2 aromatic heterocycles. The average molecular weight is 396 g/mol. The van der Waals surface area contributed by atoms with Gasteiger partial charge in [0.15, 0.2) is 5.58 Å². The lowest BCUT2D eigenvalue weighted by Gasteiger charge is -2.07. The minimum Gasteiger partial charge on any atom is -0.458 e. The molecule has 0 fully saturated rings. The zero-order valence-electron chi connectivity index (χ0n) is 14.8. The fourth-order valence-electron chi connectivity index (χ4n) is 2.77. The molecule has 2 heterocycles. The number of oxazole rings is 1. The summed E-state index contributed by atoms with van der Waals surface area (Å²) in [5.74, 6) is -0.298. The highest BCUT2D eigenvalue weighted by Crippen LogP contribution is 2.25. The van der Waals surface area contributed by atoms with Crippen LogP contribution in [0.25, 0.3) is 28.1 Å². The highest BCUT2D eigenvalue weighted by atomic mass is 35.5. The SMILES string of the molecule is Cc1cc2oc(=O)cc(COC(=O)/C=C/c3nc4ccccc4o3)c2cc1Cl. The van der Waals surface area contributed by atoms with Crippen molar-refractivity contribution in [3.05, 3.63) is 81.0 Å². The van der Waals surface area contributed by atoms with Crippen molar-refractivity contribution in [1.82, 2.24) is 4.98 Å². The van der Waals surface area contributed by atoms with Crippen LogP contribution in [-0.4, -0.2) is 11.0 Å². The summed E-state index contributed by atoms with van der Waals surface area (Å²) < 4.78 is 15.9. The number of esters is 1. The molecular formula is C21H14ClNO5. The van der Waals surface area contributed by atoms with Gasteiger partial charge in [-0.1, -0.05) is 23.7 Å². The first-order valence-electron chi connectivity index (χ1n) is 8.43. The fraction of sp³-hybridized carbons (Fsp3) is 0.0952. The molecule has 0 N–H and O–H groups in total. The molecule has 4 rings (SSSR count). The second-order valence-electron chi connectivity index (χ2n) is 6.15. The maximum atomic E-state index is 12.0. The number of carbonyl (C=O) groups excluding carboxylic acids is 1. The van der Waals surface area contributed by atoms with Gasteiger partial charge in [-0.25, -0.2) is 14.6 Å². The van der Waals surface area contributed by atoms with E-state index < -0.39 is 11.6 Å². The summed E-state index contributed by atoms with van der Waals surface area (Å²) in [6.07, 6.45) is 2.65. The number of fused-ring (bicyclic) bond motifs is 2. The largest absolute Gasteiger partial charge is 0.458 e. The molecule has 0 bridgehead atoms. The van der Waals surface area contributed by atoms with Gasteiger partial charge in [-0.05, 0) is 36.8 Å². The standard InChI is InChI=1S/C21H14ClNO5/c1-12-8-18-14(10-15(12)22)13(9-21(25)28-18)11-26-20(24)7-6-19-23-16-4-2-3-5-17(16)27-19/h2-10H,11H2,1H3/b7-6+. The van der Waals surface area contributed by atoms with Crippen molar-refractivity contribution in [3.63, 3.8) is 0 Å². The van der Waals surface area contributed by atoms with Crippen LogP contribution in [0.2, 0.25) is 5.02 Å². The monoisotopic (exact) mass is 395 g/mol. The summed E-state index contributed by atoms with van der Waals surface area (Å²) >= 11 is 6.16. The van der Waals surface area contributed by atoms with Crippen molar-refractivity contribution < 1.29 is 18.4 Å². The van der Waals surface area contributed by atoms with Crippen LogP contribution in [0.1, 0.15) is 17.0 Å². The van der Waals surface area contributed by atoms with Gasteiger partial charge in [0.05, 0.1) is 0 Å². The molecular weight excluding hydrogens is 382 g/mol. The molecule has 0 aliphatic heterocycles. The minimum absolute atomic E-state index is 0.0990. The van der Waals surface area contributed by atoms with E-state index >= 15 is 0 Å². The summed E-state index contributed by atoms with van der Waals surface area (Å²) in [6, 6.07) is 11.9. The summed E-state index contributed by atoms with van der Waals surface area (Å²) in [7, 11) is 0. The zero-order valence-corrected chi connectivity index (χ0v) is 15.5. The van der Waals surface area contributed by atoms with Gasteiger partial charge >= 0.3 is 11.6 Å². The van der Waals surface area contributed by atoms with Gasteiger partial charge in [-0.3, -0.25) is 0 Å². The first-order chi connectivity index (χ1) is 13.5. The molecule has 140 valence electrons. The Morgan fingerprint density at radius 1 is 1.18 bits per heavy atom. The number of aryl methyl sites for hydroxylation is 1. The van der Waals surface area contributed by atoms with Gasteiger partial charge in [0.1, 0.15) is 17.7 Å². The Bertz CT molecular complexity index is 1250. The van der Waals surface area contributed by atoms with E-state index in [1.54, 1.807) is 18.2 Å². The smallest absolute Gasteiger partial charge is 0.336 e. The third kappa shape index (κ3) is 3.68. The first-order valence-corrected chi connectivity index (χ1v) is 8.81. The molecule has 0 saturated carbocycles. The number of aromatic nitrogens is 1. The van der Waals surface area contributed by atoms with Crippen molar-refractivity contribution in [3.8, 4) is 0 Å². The number of halogens is 1.